The van der Waals surface area contributed by atoms with E-state index in [2.05, 4.69) is 38.1 Å². The zero-order valence-electron chi connectivity index (χ0n) is 12.0. The second-order valence-corrected chi connectivity index (χ2v) is 7.07. The SMILES string of the molecule is Cc1ccc(C)c(CC(Cl)c2cc3ccc(F)cc3s2)c1. The van der Waals surface area contributed by atoms with Gasteiger partial charge in [0.25, 0.3) is 0 Å². The van der Waals surface area contributed by atoms with E-state index in [-0.39, 0.29) is 11.2 Å². The molecule has 0 fully saturated rings. The van der Waals surface area contributed by atoms with Gasteiger partial charge in [0.05, 0.1) is 5.38 Å². The van der Waals surface area contributed by atoms with Crippen molar-refractivity contribution in [3.05, 3.63) is 69.8 Å². The van der Waals surface area contributed by atoms with Gasteiger partial charge in [-0.1, -0.05) is 29.8 Å². The van der Waals surface area contributed by atoms with Gasteiger partial charge in [0.15, 0.2) is 0 Å². The summed E-state index contributed by atoms with van der Waals surface area (Å²) >= 11 is 8.17. The molecule has 0 N–H and O–H groups in total. The molecule has 0 spiro atoms. The lowest BCUT2D eigenvalue weighted by molar-refractivity contribution is 0.630. The molecule has 3 aromatic rings. The summed E-state index contributed by atoms with van der Waals surface area (Å²) in [4.78, 5) is 1.10. The zero-order chi connectivity index (χ0) is 15.0. The van der Waals surface area contributed by atoms with E-state index in [1.165, 1.54) is 22.8 Å². The van der Waals surface area contributed by atoms with Crippen LogP contribution in [0.25, 0.3) is 10.1 Å². The maximum Gasteiger partial charge on any atom is 0.124 e. The van der Waals surface area contributed by atoms with Gasteiger partial charge in [0.1, 0.15) is 5.82 Å². The number of halogens is 2. The Kier molecular flexibility index (Phi) is 4.01. The van der Waals surface area contributed by atoms with Crippen molar-refractivity contribution in [2.75, 3.05) is 0 Å². The molecule has 3 rings (SSSR count). The minimum atomic E-state index is -0.198. The van der Waals surface area contributed by atoms with Crippen molar-refractivity contribution in [1.82, 2.24) is 0 Å². The molecular formula is C18H16ClFS. The maximum atomic E-state index is 13.3. The smallest absolute Gasteiger partial charge is 0.124 e. The molecule has 1 atom stereocenters. The van der Waals surface area contributed by atoms with Crippen LogP contribution in [0, 0.1) is 19.7 Å². The predicted molar refractivity (Wildman–Crippen MR) is 90.0 cm³/mol. The van der Waals surface area contributed by atoms with Crippen molar-refractivity contribution in [3.63, 3.8) is 0 Å². The van der Waals surface area contributed by atoms with E-state index >= 15 is 0 Å². The largest absolute Gasteiger partial charge is 0.207 e. The van der Waals surface area contributed by atoms with Gasteiger partial charge < -0.3 is 0 Å². The summed E-state index contributed by atoms with van der Waals surface area (Å²) in [6, 6.07) is 13.4. The fourth-order valence-corrected chi connectivity index (χ4v) is 3.92. The fourth-order valence-electron chi connectivity index (χ4n) is 2.49. The monoisotopic (exact) mass is 318 g/mol. The molecule has 3 heteroatoms. The molecule has 0 aliphatic carbocycles. The van der Waals surface area contributed by atoms with Gasteiger partial charge in [-0.15, -0.1) is 22.9 Å². The molecule has 1 unspecified atom stereocenters. The minimum Gasteiger partial charge on any atom is -0.207 e. The molecule has 0 radical (unpaired) electrons. The molecule has 0 saturated heterocycles. The number of aryl methyl sites for hydroxylation is 2. The van der Waals surface area contributed by atoms with Crippen molar-refractivity contribution in [2.24, 2.45) is 0 Å². The summed E-state index contributed by atoms with van der Waals surface area (Å²) in [6.07, 6.45) is 0.796. The third-order valence-electron chi connectivity index (χ3n) is 3.71. The van der Waals surface area contributed by atoms with Crippen LogP contribution in [-0.4, -0.2) is 0 Å². The summed E-state index contributed by atoms with van der Waals surface area (Å²) in [7, 11) is 0. The number of benzene rings is 2. The Morgan fingerprint density at radius 3 is 2.71 bits per heavy atom. The molecular weight excluding hydrogens is 303 g/mol. The standard InChI is InChI=1S/C18H16ClFS/c1-11-3-4-12(2)14(7-11)8-16(19)18-9-13-5-6-15(20)10-17(13)21-18/h3-7,9-10,16H,8H2,1-2H3. The summed E-state index contributed by atoms with van der Waals surface area (Å²) in [5, 5.41) is 0.981. The Bertz CT molecular complexity index is 791. The van der Waals surface area contributed by atoms with Gasteiger partial charge >= 0.3 is 0 Å². The third-order valence-corrected chi connectivity index (χ3v) is 5.44. The van der Waals surface area contributed by atoms with Gasteiger partial charge in [-0.3, -0.25) is 0 Å². The molecule has 21 heavy (non-hydrogen) atoms. The van der Waals surface area contributed by atoms with Crippen molar-refractivity contribution in [2.45, 2.75) is 25.6 Å². The molecule has 0 aliphatic rings. The number of hydrogen-bond donors (Lipinski definition) is 0. The molecule has 2 aromatic carbocycles. The molecule has 1 aromatic heterocycles. The molecule has 0 aliphatic heterocycles. The van der Waals surface area contributed by atoms with Crippen LogP contribution < -0.4 is 0 Å². The Labute approximate surface area is 133 Å². The lowest BCUT2D eigenvalue weighted by Gasteiger charge is -2.11. The van der Waals surface area contributed by atoms with Crippen molar-refractivity contribution in [3.8, 4) is 0 Å². The van der Waals surface area contributed by atoms with E-state index in [1.54, 1.807) is 17.4 Å². The maximum absolute atomic E-state index is 13.3. The van der Waals surface area contributed by atoms with E-state index in [1.807, 2.05) is 6.07 Å². The van der Waals surface area contributed by atoms with Crippen molar-refractivity contribution < 1.29 is 4.39 Å². The topological polar surface area (TPSA) is 0 Å². The van der Waals surface area contributed by atoms with E-state index in [0.29, 0.717) is 0 Å². The van der Waals surface area contributed by atoms with Gasteiger partial charge in [0, 0.05) is 9.58 Å². The first-order valence-electron chi connectivity index (χ1n) is 6.92. The highest BCUT2D eigenvalue weighted by Crippen LogP contribution is 2.35. The fraction of sp³-hybridized carbons (Fsp3) is 0.222. The number of thiophene rings is 1. The first-order valence-corrected chi connectivity index (χ1v) is 8.17. The Balaban J connectivity index is 1.89. The van der Waals surface area contributed by atoms with Crippen molar-refractivity contribution >= 4 is 33.0 Å². The lowest BCUT2D eigenvalue weighted by atomic mass is 10.0. The molecule has 108 valence electrons. The van der Waals surface area contributed by atoms with E-state index in [9.17, 15) is 4.39 Å². The highest BCUT2D eigenvalue weighted by Gasteiger charge is 2.14. The Morgan fingerprint density at radius 1 is 1.10 bits per heavy atom. The molecule has 0 amide bonds. The van der Waals surface area contributed by atoms with Crippen LogP contribution >= 0.6 is 22.9 Å². The minimum absolute atomic E-state index is 0.0778. The molecule has 1 heterocycles. The van der Waals surface area contributed by atoms with Crippen LogP contribution in [0.5, 0.6) is 0 Å². The van der Waals surface area contributed by atoms with Gasteiger partial charge in [0.2, 0.25) is 0 Å². The van der Waals surface area contributed by atoms with Crippen LogP contribution in [0.1, 0.15) is 26.9 Å². The van der Waals surface area contributed by atoms with Crippen LogP contribution in [0.2, 0.25) is 0 Å². The molecule has 0 saturated carbocycles. The van der Waals surface area contributed by atoms with Gasteiger partial charge in [-0.2, -0.15) is 0 Å². The van der Waals surface area contributed by atoms with Gasteiger partial charge in [-0.25, -0.2) is 4.39 Å². The lowest BCUT2D eigenvalue weighted by Crippen LogP contribution is -1.96. The molecule has 0 bridgehead atoms. The zero-order valence-corrected chi connectivity index (χ0v) is 13.6. The summed E-state index contributed by atoms with van der Waals surface area (Å²) in [5.74, 6) is -0.198. The normalized spacial score (nSPS) is 12.8. The third kappa shape index (κ3) is 3.12. The second-order valence-electron chi connectivity index (χ2n) is 5.43. The second kappa shape index (κ2) is 5.78. The first-order chi connectivity index (χ1) is 10.0. The van der Waals surface area contributed by atoms with E-state index in [4.69, 9.17) is 11.6 Å². The first kappa shape index (κ1) is 14.6. The quantitative estimate of drug-likeness (QED) is 0.506. The molecule has 0 nitrogen and oxygen atoms in total. The van der Waals surface area contributed by atoms with E-state index in [0.717, 1.165) is 21.4 Å². The highest BCUT2D eigenvalue weighted by atomic mass is 35.5. The average molecular weight is 319 g/mol. The Morgan fingerprint density at radius 2 is 1.90 bits per heavy atom. The predicted octanol–water partition coefficient (Wildman–Crippen LogP) is 6.18. The number of rotatable bonds is 3. The number of hydrogen-bond acceptors (Lipinski definition) is 1. The van der Waals surface area contributed by atoms with Crippen LogP contribution in [0.4, 0.5) is 4.39 Å². The van der Waals surface area contributed by atoms with Crippen LogP contribution in [-0.2, 0) is 6.42 Å². The number of fused-ring (bicyclic) bond motifs is 1. The summed E-state index contributed by atoms with van der Waals surface area (Å²) in [6.45, 7) is 4.20. The summed E-state index contributed by atoms with van der Waals surface area (Å²) < 4.78 is 14.2. The van der Waals surface area contributed by atoms with Gasteiger partial charge in [-0.05, 0) is 55.0 Å². The van der Waals surface area contributed by atoms with Crippen LogP contribution in [0.3, 0.4) is 0 Å². The highest BCUT2D eigenvalue weighted by molar-refractivity contribution is 7.19. The average Bonchev–Trinajstić information content (AvgIpc) is 2.86. The van der Waals surface area contributed by atoms with Crippen LogP contribution in [0.15, 0.2) is 42.5 Å². The summed E-state index contributed by atoms with van der Waals surface area (Å²) in [5.41, 5.74) is 3.79. The number of alkyl halides is 1. The van der Waals surface area contributed by atoms with E-state index < -0.39 is 0 Å². The van der Waals surface area contributed by atoms with Crippen molar-refractivity contribution in [1.29, 1.82) is 0 Å². The Hall–Kier alpha value is -1.38.